The fraction of sp³-hybridized carbons (Fsp3) is 0.286. The topological polar surface area (TPSA) is 37.8 Å². The third kappa shape index (κ3) is 3.66. The Hall–Kier alpha value is -1.16. The number of aromatic nitrogens is 2. The highest BCUT2D eigenvalue weighted by Crippen LogP contribution is 2.29. The molecule has 1 heterocycles. The van der Waals surface area contributed by atoms with Crippen LogP contribution in [-0.4, -0.2) is 16.5 Å². The fourth-order valence-electron chi connectivity index (χ4n) is 1.86. The van der Waals surface area contributed by atoms with Crippen molar-refractivity contribution in [2.75, 3.05) is 6.54 Å². The average molecular weight is 296 g/mol. The predicted octanol–water partition coefficient (Wildman–Crippen LogP) is 3.87. The summed E-state index contributed by atoms with van der Waals surface area (Å²) in [5.74, 6) is 0. The Bertz CT molecular complexity index is 531. The molecular weight excluding hydrogens is 281 g/mol. The van der Waals surface area contributed by atoms with Crippen molar-refractivity contribution in [3.63, 3.8) is 0 Å². The highest BCUT2D eigenvalue weighted by Gasteiger charge is 2.17. The minimum atomic E-state index is -0.0709. The summed E-state index contributed by atoms with van der Waals surface area (Å²) in [6.45, 7) is 2.99. The molecule has 100 valence electrons. The van der Waals surface area contributed by atoms with E-state index in [2.05, 4.69) is 22.2 Å². The normalized spacial score (nSPS) is 12.4. The van der Waals surface area contributed by atoms with Crippen LogP contribution in [0.15, 0.2) is 36.8 Å². The van der Waals surface area contributed by atoms with Crippen molar-refractivity contribution in [3.05, 3.63) is 58.1 Å². The number of nitrogens with one attached hydrogen (secondary N) is 1. The SMILES string of the molecule is CCCNC(c1cnccn1)c1ccc(Cl)cc1Cl. The van der Waals surface area contributed by atoms with Gasteiger partial charge >= 0.3 is 0 Å². The van der Waals surface area contributed by atoms with Crippen molar-refractivity contribution in [2.45, 2.75) is 19.4 Å². The molecule has 2 aromatic rings. The lowest BCUT2D eigenvalue weighted by atomic mass is 10.0. The molecule has 0 fully saturated rings. The van der Waals surface area contributed by atoms with E-state index in [9.17, 15) is 0 Å². The van der Waals surface area contributed by atoms with Crippen molar-refractivity contribution in [1.29, 1.82) is 0 Å². The van der Waals surface area contributed by atoms with Gasteiger partial charge in [0.15, 0.2) is 0 Å². The molecule has 3 nitrogen and oxygen atoms in total. The molecule has 5 heteroatoms. The van der Waals surface area contributed by atoms with Crippen LogP contribution in [0.4, 0.5) is 0 Å². The molecule has 0 bridgehead atoms. The Labute approximate surface area is 123 Å². The minimum absolute atomic E-state index is 0.0709. The first-order valence-corrected chi connectivity index (χ1v) is 6.92. The van der Waals surface area contributed by atoms with Gasteiger partial charge in [-0.2, -0.15) is 0 Å². The molecule has 1 unspecified atom stereocenters. The highest BCUT2D eigenvalue weighted by molar-refractivity contribution is 6.35. The molecule has 0 spiro atoms. The van der Waals surface area contributed by atoms with E-state index >= 15 is 0 Å². The Morgan fingerprint density at radius 3 is 2.74 bits per heavy atom. The van der Waals surface area contributed by atoms with E-state index in [0.29, 0.717) is 10.0 Å². The Balaban J connectivity index is 2.37. The van der Waals surface area contributed by atoms with Gasteiger partial charge in [-0.25, -0.2) is 0 Å². The van der Waals surface area contributed by atoms with Crippen molar-refractivity contribution in [2.24, 2.45) is 0 Å². The zero-order chi connectivity index (χ0) is 13.7. The summed E-state index contributed by atoms with van der Waals surface area (Å²) in [4.78, 5) is 8.47. The predicted molar refractivity (Wildman–Crippen MR) is 78.6 cm³/mol. The average Bonchev–Trinajstić information content (AvgIpc) is 2.42. The molecule has 19 heavy (non-hydrogen) atoms. The monoisotopic (exact) mass is 295 g/mol. The van der Waals surface area contributed by atoms with Crippen molar-refractivity contribution >= 4 is 23.2 Å². The molecule has 2 rings (SSSR count). The molecule has 1 aromatic heterocycles. The van der Waals surface area contributed by atoms with Crippen LogP contribution in [-0.2, 0) is 0 Å². The fourth-order valence-corrected chi connectivity index (χ4v) is 2.38. The molecule has 0 aliphatic carbocycles. The van der Waals surface area contributed by atoms with Gasteiger partial charge in [-0.3, -0.25) is 9.97 Å². The van der Waals surface area contributed by atoms with E-state index < -0.39 is 0 Å². The lowest BCUT2D eigenvalue weighted by Gasteiger charge is -2.19. The zero-order valence-electron chi connectivity index (χ0n) is 10.6. The highest BCUT2D eigenvalue weighted by atomic mass is 35.5. The van der Waals surface area contributed by atoms with Crippen LogP contribution < -0.4 is 5.32 Å². The van der Waals surface area contributed by atoms with E-state index in [1.807, 2.05) is 12.1 Å². The second kappa shape index (κ2) is 6.85. The van der Waals surface area contributed by atoms with E-state index in [1.165, 1.54) is 0 Å². The Kier molecular flexibility index (Phi) is 5.14. The van der Waals surface area contributed by atoms with Crippen LogP contribution in [0.1, 0.15) is 30.6 Å². The molecule has 0 aliphatic rings. The third-order valence-corrected chi connectivity index (χ3v) is 3.31. The van der Waals surface area contributed by atoms with Crippen LogP contribution in [0.2, 0.25) is 10.0 Å². The molecule has 0 radical (unpaired) electrons. The quantitative estimate of drug-likeness (QED) is 0.910. The lowest BCUT2D eigenvalue weighted by Crippen LogP contribution is -2.24. The summed E-state index contributed by atoms with van der Waals surface area (Å²) < 4.78 is 0. The van der Waals surface area contributed by atoms with E-state index in [-0.39, 0.29) is 6.04 Å². The van der Waals surface area contributed by atoms with E-state index in [4.69, 9.17) is 23.2 Å². The second-order valence-electron chi connectivity index (χ2n) is 4.18. The molecule has 0 saturated carbocycles. The van der Waals surface area contributed by atoms with Crippen LogP contribution in [0.3, 0.4) is 0 Å². The van der Waals surface area contributed by atoms with E-state index in [0.717, 1.165) is 24.2 Å². The van der Waals surface area contributed by atoms with Crippen molar-refractivity contribution < 1.29 is 0 Å². The molecule has 0 amide bonds. The number of benzene rings is 1. The van der Waals surface area contributed by atoms with E-state index in [1.54, 1.807) is 24.7 Å². The van der Waals surface area contributed by atoms with Crippen LogP contribution >= 0.6 is 23.2 Å². The molecule has 1 N–H and O–H groups in total. The summed E-state index contributed by atoms with van der Waals surface area (Å²) in [5.41, 5.74) is 1.81. The standard InChI is InChI=1S/C14H15Cl2N3/c1-2-5-19-14(13-9-17-6-7-18-13)11-4-3-10(15)8-12(11)16/h3-4,6-9,14,19H,2,5H2,1H3. The zero-order valence-corrected chi connectivity index (χ0v) is 12.1. The molecule has 0 aliphatic heterocycles. The molecular formula is C14H15Cl2N3. The van der Waals surface area contributed by atoms with Crippen molar-refractivity contribution in [1.82, 2.24) is 15.3 Å². The first-order chi connectivity index (χ1) is 9.22. The Morgan fingerprint density at radius 1 is 1.26 bits per heavy atom. The first-order valence-electron chi connectivity index (χ1n) is 6.16. The second-order valence-corrected chi connectivity index (χ2v) is 5.03. The third-order valence-electron chi connectivity index (χ3n) is 2.75. The van der Waals surface area contributed by atoms with Crippen molar-refractivity contribution in [3.8, 4) is 0 Å². The van der Waals surface area contributed by atoms with Gasteiger partial charge in [-0.05, 0) is 30.7 Å². The molecule has 0 saturated heterocycles. The number of nitrogens with zero attached hydrogens (tertiary/aromatic N) is 2. The molecule has 1 aromatic carbocycles. The van der Waals surface area contributed by atoms with Gasteiger partial charge < -0.3 is 5.32 Å². The summed E-state index contributed by atoms with van der Waals surface area (Å²) in [6, 6.07) is 5.43. The minimum Gasteiger partial charge on any atom is -0.305 e. The van der Waals surface area contributed by atoms with Gasteiger partial charge in [0.1, 0.15) is 0 Å². The van der Waals surface area contributed by atoms with Crippen LogP contribution in [0.25, 0.3) is 0 Å². The number of hydrogen-bond donors (Lipinski definition) is 1. The summed E-state index contributed by atoms with van der Waals surface area (Å²) in [5, 5.41) is 4.69. The smallest absolute Gasteiger partial charge is 0.0802 e. The maximum atomic E-state index is 6.28. The van der Waals surface area contributed by atoms with Crippen LogP contribution in [0, 0.1) is 0 Å². The summed E-state index contributed by atoms with van der Waals surface area (Å²) in [6.07, 6.45) is 6.11. The van der Waals surface area contributed by atoms with Gasteiger partial charge in [-0.15, -0.1) is 0 Å². The maximum Gasteiger partial charge on any atom is 0.0802 e. The van der Waals surface area contributed by atoms with Gasteiger partial charge in [0.2, 0.25) is 0 Å². The number of halogens is 2. The Morgan fingerprint density at radius 2 is 2.11 bits per heavy atom. The maximum absolute atomic E-state index is 6.28. The molecule has 1 atom stereocenters. The van der Waals surface area contributed by atoms with Gasteiger partial charge in [-0.1, -0.05) is 36.2 Å². The number of rotatable bonds is 5. The largest absolute Gasteiger partial charge is 0.305 e. The van der Waals surface area contributed by atoms with Crippen LogP contribution in [0.5, 0.6) is 0 Å². The first kappa shape index (κ1) is 14.3. The van der Waals surface area contributed by atoms with Gasteiger partial charge in [0, 0.05) is 22.4 Å². The van der Waals surface area contributed by atoms with Gasteiger partial charge in [0.25, 0.3) is 0 Å². The van der Waals surface area contributed by atoms with Gasteiger partial charge in [0.05, 0.1) is 17.9 Å². The summed E-state index contributed by atoms with van der Waals surface area (Å²) in [7, 11) is 0. The number of hydrogen-bond acceptors (Lipinski definition) is 3. The lowest BCUT2D eigenvalue weighted by molar-refractivity contribution is 0.584. The summed E-state index contributed by atoms with van der Waals surface area (Å²) >= 11 is 12.2.